The lowest BCUT2D eigenvalue weighted by Crippen LogP contribution is -2.21. The Bertz CT molecular complexity index is 147. The van der Waals surface area contributed by atoms with E-state index in [4.69, 9.17) is 0 Å². The second-order valence-electron chi connectivity index (χ2n) is 3.93. The summed E-state index contributed by atoms with van der Waals surface area (Å²) in [7, 11) is 0. The largest absolute Gasteiger partial charge is 0.103 e. The Morgan fingerprint density at radius 1 is 1.27 bits per heavy atom. The third-order valence-corrected chi connectivity index (χ3v) is 3.00. The van der Waals surface area contributed by atoms with Crippen molar-refractivity contribution in [3.63, 3.8) is 0 Å². The molecule has 62 valence electrons. The topological polar surface area (TPSA) is 0 Å². The van der Waals surface area contributed by atoms with Crippen molar-refractivity contribution in [1.29, 1.82) is 0 Å². The van der Waals surface area contributed by atoms with Crippen LogP contribution in [0.15, 0.2) is 25.3 Å². The zero-order valence-electron chi connectivity index (χ0n) is 7.47. The molecule has 0 aromatic heterocycles. The minimum Gasteiger partial charge on any atom is -0.103 e. The van der Waals surface area contributed by atoms with Crippen LogP contribution in [0.4, 0.5) is 0 Å². The molecule has 0 aliphatic heterocycles. The van der Waals surface area contributed by atoms with Crippen LogP contribution in [0.1, 0.15) is 32.6 Å². The zero-order chi connectivity index (χ0) is 8.32. The first kappa shape index (κ1) is 8.58. The number of rotatable bonds is 2. The van der Waals surface area contributed by atoms with Gasteiger partial charge in [-0.25, -0.2) is 0 Å². The van der Waals surface area contributed by atoms with Crippen molar-refractivity contribution in [2.45, 2.75) is 32.6 Å². The lowest BCUT2D eigenvalue weighted by atomic mass is 9.72. The van der Waals surface area contributed by atoms with Crippen LogP contribution < -0.4 is 0 Å². The van der Waals surface area contributed by atoms with E-state index in [1.165, 1.54) is 25.7 Å². The van der Waals surface area contributed by atoms with E-state index in [0.29, 0.717) is 5.41 Å². The quantitative estimate of drug-likeness (QED) is 0.528. The minimum absolute atomic E-state index is 0.416. The summed E-state index contributed by atoms with van der Waals surface area (Å²) in [5.74, 6) is 0.767. The normalized spacial score (nSPS) is 38.1. The molecule has 0 nitrogen and oxygen atoms in total. The second-order valence-corrected chi connectivity index (χ2v) is 3.93. The van der Waals surface area contributed by atoms with E-state index in [-0.39, 0.29) is 0 Å². The molecule has 1 fully saturated rings. The van der Waals surface area contributed by atoms with Gasteiger partial charge in [0.1, 0.15) is 0 Å². The van der Waals surface area contributed by atoms with Gasteiger partial charge in [-0.15, -0.1) is 13.2 Å². The summed E-state index contributed by atoms with van der Waals surface area (Å²) >= 11 is 0. The van der Waals surface area contributed by atoms with Gasteiger partial charge in [-0.05, 0) is 37.0 Å². The van der Waals surface area contributed by atoms with Gasteiger partial charge in [-0.3, -0.25) is 0 Å². The molecule has 0 saturated heterocycles. The van der Waals surface area contributed by atoms with Gasteiger partial charge >= 0.3 is 0 Å². The lowest BCUT2D eigenvalue weighted by Gasteiger charge is -2.33. The Labute approximate surface area is 70.0 Å². The molecule has 0 atom stereocenters. The van der Waals surface area contributed by atoms with E-state index in [1.54, 1.807) is 0 Å². The molecule has 1 rings (SSSR count). The Morgan fingerprint density at radius 2 is 1.82 bits per heavy atom. The molecule has 0 spiro atoms. The maximum absolute atomic E-state index is 3.88. The molecule has 0 N–H and O–H groups in total. The van der Waals surface area contributed by atoms with Crippen molar-refractivity contribution in [1.82, 2.24) is 0 Å². The van der Waals surface area contributed by atoms with Gasteiger partial charge in [0, 0.05) is 0 Å². The summed E-state index contributed by atoms with van der Waals surface area (Å²) in [4.78, 5) is 0. The standard InChI is InChI=1S/C11H18/c1-4-10-6-8-11(3,5-2)9-7-10/h4-5,10H,1-2,6-9H2,3H3. The Hall–Kier alpha value is -0.520. The Balaban J connectivity index is 2.46. The Morgan fingerprint density at radius 3 is 2.18 bits per heavy atom. The number of hydrogen-bond acceptors (Lipinski definition) is 0. The number of allylic oxidation sites excluding steroid dienone is 2. The maximum atomic E-state index is 3.88. The summed E-state index contributed by atoms with van der Waals surface area (Å²) in [6, 6.07) is 0. The molecule has 0 bridgehead atoms. The highest BCUT2D eigenvalue weighted by molar-refractivity contribution is 4.97. The summed E-state index contributed by atoms with van der Waals surface area (Å²) in [6.45, 7) is 10.0. The molecule has 0 aromatic carbocycles. The first-order valence-corrected chi connectivity index (χ1v) is 4.46. The van der Waals surface area contributed by atoms with Crippen molar-refractivity contribution in [2.75, 3.05) is 0 Å². The fourth-order valence-corrected chi connectivity index (χ4v) is 1.74. The molecule has 0 heteroatoms. The van der Waals surface area contributed by atoms with Gasteiger partial charge < -0.3 is 0 Å². The van der Waals surface area contributed by atoms with E-state index in [0.717, 1.165) is 5.92 Å². The molecule has 11 heavy (non-hydrogen) atoms. The third kappa shape index (κ3) is 1.95. The highest BCUT2D eigenvalue weighted by Crippen LogP contribution is 2.39. The molecule has 0 aromatic rings. The van der Waals surface area contributed by atoms with Gasteiger partial charge in [-0.2, -0.15) is 0 Å². The average Bonchev–Trinajstić information content (AvgIpc) is 2.06. The highest BCUT2D eigenvalue weighted by atomic mass is 14.3. The second kappa shape index (κ2) is 3.25. The van der Waals surface area contributed by atoms with Gasteiger partial charge in [0.15, 0.2) is 0 Å². The smallest absolute Gasteiger partial charge is 0.0149 e. The van der Waals surface area contributed by atoms with E-state index in [1.807, 2.05) is 0 Å². The van der Waals surface area contributed by atoms with Gasteiger partial charge in [0.25, 0.3) is 0 Å². The molecule has 0 amide bonds. The van der Waals surface area contributed by atoms with Crippen molar-refractivity contribution in [3.8, 4) is 0 Å². The van der Waals surface area contributed by atoms with Crippen LogP contribution in [0.3, 0.4) is 0 Å². The van der Waals surface area contributed by atoms with Crippen LogP contribution in [0, 0.1) is 11.3 Å². The van der Waals surface area contributed by atoms with Crippen LogP contribution in [0.2, 0.25) is 0 Å². The predicted octanol–water partition coefficient (Wildman–Crippen LogP) is 3.55. The molecule has 0 unspecified atom stereocenters. The fourth-order valence-electron chi connectivity index (χ4n) is 1.74. The molecule has 0 heterocycles. The summed E-state index contributed by atoms with van der Waals surface area (Å²) in [5, 5.41) is 0. The van der Waals surface area contributed by atoms with E-state index >= 15 is 0 Å². The van der Waals surface area contributed by atoms with Crippen LogP contribution in [-0.2, 0) is 0 Å². The van der Waals surface area contributed by atoms with Crippen molar-refractivity contribution in [2.24, 2.45) is 11.3 Å². The van der Waals surface area contributed by atoms with Crippen LogP contribution >= 0.6 is 0 Å². The summed E-state index contributed by atoms with van der Waals surface area (Å²) in [5.41, 5.74) is 0.416. The van der Waals surface area contributed by atoms with Crippen LogP contribution in [-0.4, -0.2) is 0 Å². The highest BCUT2D eigenvalue weighted by Gasteiger charge is 2.26. The predicted molar refractivity (Wildman–Crippen MR) is 50.5 cm³/mol. The molecular weight excluding hydrogens is 132 g/mol. The van der Waals surface area contributed by atoms with Crippen molar-refractivity contribution in [3.05, 3.63) is 25.3 Å². The van der Waals surface area contributed by atoms with Gasteiger partial charge in [-0.1, -0.05) is 19.1 Å². The first-order valence-electron chi connectivity index (χ1n) is 4.46. The molecule has 1 aliphatic carbocycles. The molecule has 1 saturated carbocycles. The van der Waals surface area contributed by atoms with E-state index in [2.05, 4.69) is 32.2 Å². The SMILES string of the molecule is C=CC1CCC(C)(C=C)CC1. The summed E-state index contributed by atoms with van der Waals surface area (Å²) in [6.07, 6.45) is 9.38. The van der Waals surface area contributed by atoms with E-state index < -0.39 is 0 Å². The van der Waals surface area contributed by atoms with Crippen LogP contribution in [0.5, 0.6) is 0 Å². The number of hydrogen-bond donors (Lipinski definition) is 0. The molecule has 1 aliphatic rings. The van der Waals surface area contributed by atoms with Gasteiger partial charge in [0.05, 0.1) is 0 Å². The first-order chi connectivity index (χ1) is 5.20. The lowest BCUT2D eigenvalue weighted by molar-refractivity contribution is 0.249. The monoisotopic (exact) mass is 150 g/mol. The third-order valence-electron chi connectivity index (χ3n) is 3.00. The summed E-state index contributed by atoms with van der Waals surface area (Å²) < 4.78 is 0. The fraction of sp³-hybridized carbons (Fsp3) is 0.636. The van der Waals surface area contributed by atoms with Crippen LogP contribution in [0.25, 0.3) is 0 Å². The molecule has 0 radical (unpaired) electrons. The molecular formula is C11H18. The van der Waals surface area contributed by atoms with E-state index in [9.17, 15) is 0 Å². The maximum Gasteiger partial charge on any atom is -0.0149 e. The Kier molecular flexibility index (Phi) is 2.53. The zero-order valence-corrected chi connectivity index (χ0v) is 7.47. The van der Waals surface area contributed by atoms with Gasteiger partial charge in [0.2, 0.25) is 0 Å². The average molecular weight is 150 g/mol. The van der Waals surface area contributed by atoms with Crippen molar-refractivity contribution >= 4 is 0 Å². The minimum atomic E-state index is 0.416. The van der Waals surface area contributed by atoms with Crippen molar-refractivity contribution < 1.29 is 0 Å².